The minimum atomic E-state index is -0.409. The van der Waals surface area contributed by atoms with Gasteiger partial charge in [-0.3, -0.25) is 9.69 Å². The molecule has 0 aliphatic carbocycles. The van der Waals surface area contributed by atoms with Crippen molar-refractivity contribution in [2.24, 2.45) is 0 Å². The van der Waals surface area contributed by atoms with E-state index in [0.717, 1.165) is 23.8 Å². The van der Waals surface area contributed by atoms with Crippen molar-refractivity contribution in [3.8, 4) is 11.8 Å². The summed E-state index contributed by atoms with van der Waals surface area (Å²) in [4.78, 5) is 25.7. The van der Waals surface area contributed by atoms with Crippen molar-refractivity contribution in [1.82, 2.24) is 0 Å². The molecule has 1 heterocycles. The van der Waals surface area contributed by atoms with Gasteiger partial charge in [0, 0.05) is 23.2 Å². The van der Waals surface area contributed by atoms with Crippen LogP contribution in [0.4, 0.5) is 5.69 Å². The summed E-state index contributed by atoms with van der Waals surface area (Å²) < 4.78 is 10.9. The van der Waals surface area contributed by atoms with E-state index >= 15 is 0 Å². The van der Waals surface area contributed by atoms with E-state index in [1.165, 1.54) is 11.0 Å². The van der Waals surface area contributed by atoms with E-state index in [2.05, 4.69) is 0 Å². The van der Waals surface area contributed by atoms with Crippen molar-refractivity contribution in [2.75, 3.05) is 18.1 Å². The van der Waals surface area contributed by atoms with Gasteiger partial charge < -0.3 is 9.15 Å². The van der Waals surface area contributed by atoms with Gasteiger partial charge in [-0.15, -0.1) is 0 Å². The van der Waals surface area contributed by atoms with Crippen LogP contribution in [0.5, 0.6) is 5.75 Å². The molecule has 0 saturated heterocycles. The van der Waals surface area contributed by atoms with Gasteiger partial charge in [-0.05, 0) is 36.2 Å². The molecule has 0 spiro atoms. The number of nitrogens with zero attached hydrogens (tertiary/aromatic N) is 2. The quantitative estimate of drug-likeness (QED) is 0.464. The van der Waals surface area contributed by atoms with Crippen LogP contribution < -0.4 is 15.3 Å². The summed E-state index contributed by atoms with van der Waals surface area (Å²) in [7, 11) is 0. The second-order valence-electron chi connectivity index (χ2n) is 6.26. The zero-order valence-corrected chi connectivity index (χ0v) is 15.6. The van der Waals surface area contributed by atoms with Crippen LogP contribution in [0, 0.1) is 11.3 Å². The van der Waals surface area contributed by atoms with Crippen LogP contribution in [-0.4, -0.2) is 19.1 Å². The number of carbonyl (C=O) groups is 1. The first-order chi connectivity index (χ1) is 13.6. The van der Waals surface area contributed by atoms with Crippen LogP contribution in [0.15, 0.2) is 63.8 Å². The molecule has 1 aromatic heterocycles. The minimum absolute atomic E-state index is 0.0703. The normalized spacial score (nSPS) is 10.4. The fraction of sp³-hybridized carbons (Fsp3) is 0.227. The van der Waals surface area contributed by atoms with Gasteiger partial charge in [0.1, 0.15) is 17.9 Å². The molecule has 0 saturated carbocycles. The fourth-order valence-electron chi connectivity index (χ4n) is 3.00. The molecule has 1 amide bonds. The molecule has 0 N–H and O–H groups in total. The smallest absolute Gasteiger partial charge is 0.336 e. The molecule has 0 fully saturated rings. The predicted octanol–water partition coefficient (Wildman–Crippen LogP) is 3.68. The average Bonchev–Trinajstić information content (AvgIpc) is 2.70. The molecule has 142 valence electrons. The lowest BCUT2D eigenvalue weighted by Gasteiger charge is -2.19. The number of rotatable bonds is 7. The van der Waals surface area contributed by atoms with Gasteiger partial charge in [0.2, 0.25) is 0 Å². The van der Waals surface area contributed by atoms with Crippen LogP contribution in [-0.2, 0) is 11.2 Å². The molecule has 0 radical (unpaired) electrons. The molecule has 0 atom stereocenters. The van der Waals surface area contributed by atoms with Crippen LogP contribution in [0.1, 0.15) is 18.9 Å². The van der Waals surface area contributed by atoms with Crippen molar-refractivity contribution in [2.45, 2.75) is 19.8 Å². The Labute approximate surface area is 162 Å². The van der Waals surface area contributed by atoms with Gasteiger partial charge in [0.05, 0.1) is 6.07 Å². The molecule has 3 aromatic rings. The van der Waals surface area contributed by atoms with E-state index < -0.39 is 5.63 Å². The Hall–Kier alpha value is -3.59. The number of fused-ring (bicyclic) bond motifs is 1. The second kappa shape index (κ2) is 8.87. The van der Waals surface area contributed by atoms with Gasteiger partial charge >= 0.3 is 5.63 Å². The molecular formula is C22H20N2O4. The van der Waals surface area contributed by atoms with E-state index in [1.807, 2.05) is 25.1 Å². The monoisotopic (exact) mass is 376 g/mol. The van der Waals surface area contributed by atoms with Crippen molar-refractivity contribution >= 4 is 22.6 Å². The Balaban J connectivity index is 1.78. The molecule has 3 rings (SSSR count). The number of hydrogen-bond donors (Lipinski definition) is 0. The highest BCUT2D eigenvalue weighted by atomic mass is 16.5. The van der Waals surface area contributed by atoms with Crippen LogP contribution in [0.25, 0.3) is 11.0 Å². The Morgan fingerprint density at radius 3 is 2.68 bits per heavy atom. The number of hydrogen-bond acceptors (Lipinski definition) is 5. The summed E-state index contributed by atoms with van der Waals surface area (Å²) in [5, 5.41) is 9.88. The van der Waals surface area contributed by atoms with E-state index in [9.17, 15) is 9.59 Å². The van der Waals surface area contributed by atoms with Crippen molar-refractivity contribution in [3.05, 3.63) is 70.6 Å². The number of amides is 1. The van der Waals surface area contributed by atoms with Crippen LogP contribution in [0.3, 0.4) is 0 Å². The molecule has 6 heteroatoms. The summed E-state index contributed by atoms with van der Waals surface area (Å²) in [6, 6.07) is 17.6. The first-order valence-corrected chi connectivity index (χ1v) is 9.04. The molecule has 0 unspecified atom stereocenters. The predicted molar refractivity (Wildman–Crippen MR) is 106 cm³/mol. The van der Waals surface area contributed by atoms with Gasteiger partial charge in [-0.2, -0.15) is 5.26 Å². The Kier molecular flexibility index (Phi) is 6.07. The van der Waals surface area contributed by atoms with Crippen molar-refractivity contribution < 1.29 is 13.9 Å². The minimum Gasteiger partial charge on any atom is -0.484 e. The first kappa shape index (κ1) is 19.2. The van der Waals surface area contributed by atoms with E-state index in [4.69, 9.17) is 14.4 Å². The van der Waals surface area contributed by atoms with Crippen molar-refractivity contribution in [3.63, 3.8) is 0 Å². The summed E-state index contributed by atoms with van der Waals surface area (Å²) >= 11 is 0. The molecule has 28 heavy (non-hydrogen) atoms. The van der Waals surface area contributed by atoms with E-state index in [1.54, 1.807) is 36.4 Å². The lowest BCUT2D eigenvalue weighted by Crippen LogP contribution is -2.35. The zero-order valence-electron chi connectivity index (χ0n) is 15.6. The molecule has 2 aromatic carbocycles. The van der Waals surface area contributed by atoms with Crippen LogP contribution in [0.2, 0.25) is 0 Å². The number of aryl methyl sites for hydroxylation is 1. The second-order valence-corrected chi connectivity index (χ2v) is 6.26. The Morgan fingerprint density at radius 2 is 1.96 bits per heavy atom. The lowest BCUT2D eigenvalue weighted by molar-refractivity contribution is -0.120. The first-order valence-electron chi connectivity index (χ1n) is 9.04. The maximum atomic E-state index is 12.5. The summed E-state index contributed by atoms with van der Waals surface area (Å²) in [6.07, 6.45) is 1.69. The largest absolute Gasteiger partial charge is 0.484 e. The Morgan fingerprint density at radius 1 is 1.18 bits per heavy atom. The Bertz CT molecular complexity index is 1070. The van der Waals surface area contributed by atoms with Gasteiger partial charge in [-0.25, -0.2) is 4.79 Å². The molecule has 6 nitrogen and oxygen atoms in total. The summed E-state index contributed by atoms with van der Waals surface area (Å²) in [5.74, 6) is 0.0802. The molecular weight excluding hydrogens is 356 g/mol. The molecule has 0 aliphatic rings. The summed E-state index contributed by atoms with van der Waals surface area (Å²) in [5.41, 5.74) is 1.58. The van der Waals surface area contributed by atoms with E-state index in [0.29, 0.717) is 17.0 Å². The average molecular weight is 376 g/mol. The van der Waals surface area contributed by atoms with E-state index in [-0.39, 0.29) is 19.1 Å². The summed E-state index contributed by atoms with van der Waals surface area (Å²) in [6.45, 7) is 1.74. The maximum absolute atomic E-state index is 12.5. The van der Waals surface area contributed by atoms with Gasteiger partial charge in [-0.1, -0.05) is 31.5 Å². The highest BCUT2D eigenvalue weighted by Gasteiger charge is 2.16. The third-order valence-electron chi connectivity index (χ3n) is 4.28. The number of nitriles is 1. The molecule has 0 bridgehead atoms. The highest BCUT2D eigenvalue weighted by molar-refractivity contribution is 5.94. The topological polar surface area (TPSA) is 83.5 Å². The number of carbonyl (C=O) groups excluding carboxylic acids is 1. The number of anilines is 1. The third kappa shape index (κ3) is 4.38. The fourth-order valence-corrected chi connectivity index (χ4v) is 3.00. The SMILES string of the molecule is CCCc1cc(=O)oc2cc(OCC(=O)N(CC#N)c3ccccc3)ccc12. The molecule has 0 aliphatic heterocycles. The van der Waals surface area contributed by atoms with Crippen LogP contribution >= 0.6 is 0 Å². The van der Waals surface area contributed by atoms with Crippen molar-refractivity contribution in [1.29, 1.82) is 5.26 Å². The standard InChI is InChI=1S/C22H20N2O4/c1-2-6-16-13-22(26)28-20-14-18(9-10-19(16)20)27-15-21(25)24(12-11-23)17-7-4-3-5-8-17/h3-5,7-10,13-14H,2,6,12,15H2,1H3. The number of benzene rings is 2. The number of para-hydroxylation sites is 1. The third-order valence-corrected chi connectivity index (χ3v) is 4.28. The lowest BCUT2D eigenvalue weighted by atomic mass is 10.1. The van der Waals surface area contributed by atoms with Gasteiger partial charge in [0.25, 0.3) is 5.91 Å². The zero-order chi connectivity index (χ0) is 19.9. The highest BCUT2D eigenvalue weighted by Crippen LogP contribution is 2.24. The maximum Gasteiger partial charge on any atom is 0.336 e. The number of ether oxygens (including phenoxy) is 1. The van der Waals surface area contributed by atoms with Gasteiger partial charge in [0.15, 0.2) is 6.61 Å².